The molecule has 0 saturated heterocycles. The second kappa shape index (κ2) is 11.3. The molecule has 0 aliphatic heterocycles. The van der Waals surface area contributed by atoms with Gasteiger partial charge in [0.15, 0.2) is 0 Å². The van der Waals surface area contributed by atoms with E-state index >= 15 is 0 Å². The van der Waals surface area contributed by atoms with Gasteiger partial charge in [0.25, 0.3) is 0 Å². The molecule has 8 aromatic rings. The van der Waals surface area contributed by atoms with Gasteiger partial charge in [-0.1, -0.05) is 133 Å². The van der Waals surface area contributed by atoms with Gasteiger partial charge >= 0.3 is 0 Å². The van der Waals surface area contributed by atoms with Gasteiger partial charge in [-0.3, -0.25) is 0 Å². The van der Waals surface area contributed by atoms with Crippen LogP contribution in [0.25, 0.3) is 53.6 Å². The quantitative estimate of drug-likeness (QED) is 0.189. The largest absolute Gasteiger partial charge is 0.310 e. The molecule has 208 valence electrons. The van der Waals surface area contributed by atoms with E-state index in [1.807, 2.05) is 11.3 Å². The van der Waals surface area contributed by atoms with Crippen LogP contribution >= 0.6 is 11.3 Å². The third-order valence-corrected chi connectivity index (χ3v) is 9.43. The molecule has 0 radical (unpaired) electrons. The van der Waals surface area contributed by atoms with Gasteiger partial charge in [0.05, 0.1) is 5.69 Å². The van der Waals surface area contributed by atoms with Gasteiger partial charge in [0.1, 0.15) is 0 Å². The van der Waals surface area contributed by atoms with E-state index in [9.17, 15) is 0 Å². The predicted octanol–water partition coefficient (Wildman–Crippen LogP) is 12.5. The van der Waals surface area contributed by atoms with Crippen molar-refractivity contribution in [1.82, 2.24) is 0 Å². The van der Waals surface area contributed by atoms with Crippen molar-refractivity contribution >= 4 is 48.6 Å². The molecule has 0 N–H and O–H groups in total. The van der Waals surface area contributed by atoms with Crippen LogP contribution in [0.4, 0.5) is 17.1 Å². The number of thiophene rings is 1. The summed E-state index contributed by atoms with van der Waals surface area (Å²) in [5, 5.41) is 2.59. The predicted molar refractivity (Wildman–Crippen MR) is 190 cm³/mol. The zero-order valence-corrected chi connectivity index (χ0v) is 24.9. The van der Waals surface area contributed by atoms with Crippen LogP contribution in [0.5, 0.6) is 0 Å². The van der Waals surface area contributed by atoms with Crippen molar-refractivity contribution in [1.29, 1.82) is 0 Å². The van der Waals surface area contributed by atoms with Crippen LogP contribution in [-0.4, -0.2) is 0 Å². The Morgan fingerprint density at radius 2 is 0.932 bits per heavy atom. The summed E-state index contributed by atoms with van der Waals surface area (Å²) in [6.07, 6.45) is 0. The van der Waals surface area contributed by atoms with Crippen LogP contribution in [0.1, 0.15) is 0 Å². The molecular weight excluding hydrogens is 551 g/mol. The molecule has 44 heavy (non-hydrogen) atoms. The van der Waals surface area contributed by atoms with E-state index in [1.165, 1.54) is 53.6 Å². The molecule has 0 aliphatic rings. The smallest absolute Gasteiger partial charge is 0.0546 e. The van der Waals surface area contributed by atoms with Gasteiger partial charge in [-0.25, -0.2) is 0 Å². The van der Waals surface area contributed by atoms with Crippen molar-refractivity contribution in [3.63, 3.8) is 0 Å². The lowest BCUT2D eigenvalue weighted by Crippen LogP contribution is -2.11. The summed E-state index contributed by atoms with van der Waals surface area (Å²) in [7, 11) is 0. The molecule has 7 aromatic carbocycles. The molecule has 0 fully saturated rings. The summed E-state index contributed by atoms with van der Waals surface area (Å²) >= 11 is 1.85. The molecule has 0 aliphatic carbocycles. The van der Waals surface area contributed by atoms with Crippen molar-refractivity contribution < 1.29 is 0 Å². The van der Waals surface area contributed by atoms with Crippen molar-refractivity contribution in [2.75, 3.05) is 4.90 Å². The molecule has 0 saturated carbocycles. The van der Waals surface area contributed by atoms with Crippen molar-refractivity contribution in [2.45, 2.75) is 0 Å². The minimum absolute atomic E-state index is 1.12. The van der Waals surface area contributed by atoms with Crippen molar-refractivity contribution in [3.05, 3.63) is 176 Å². The van der Waals surface area contributed by atoms with E-state index in [0.717, 1.165) is 17.1 Å². The number of hydrogen-bond acceptors (Lipinski definition) is 2. The van der Waals surface area contributed by atoms with Gasteiger partial charge in [-0.2, -0.15) is 0 Å². The highest BCUT2D eigenvalue weighted by Gasteiger charge is 2.23. The lowest BCUT2D eigenvalue weighted by molar-refractivity contribution is 1.29. The normalized spacial score (nSPS) is 11.2. The summed E-state index contributed by atoms with van der Waals surface area (Å²) in [4.78, 5) is 2.43. The highest BCUT2D eigenvalue weighted by Crippen LogP contribution is 2.48. The van der Waals surface area contributed by atoms with Crippen LogP contribution in [0.15, 0.2) is 176 Å². The van der Waals surface area contributed by atoms with Gasteiger partial charge in [0, 0.05) is 37.1 Å². The van der Waals surface area contributed by atoms with Crippen LogP contribution < -0.4 is 4.90 Å². The molecular formula is C42H29NS. The molecule has 0 amide bonds. The fourth-order valence-corrected chi connectivity index (χ4v) is 7.38. The zero-order chi connectivity index (χ0) is 29.3. The molecule has 1 aromatic heterocycles. The maximum absolute atomic E-state index is 2.43. The lowest BCUT2D eigenvalue weighted by atomic mass is 9.87. The Bertz CT molecular complexity index is 2220. The SMILES string of the molecule is c1ccc(-c2ccccc2-c2c(-c3ccccc3)cccc2N(c2ccccc2)c2ccc3sc4ccccc4c3c2)cc1. The Kier molecular flexibility index (Phi) is 6.75. The van der Waals surface area contributed by atoms with E-state index in [0.29, 0.717) is 0 Å². The number of nitrogens with zero attached hydrogens (tertiary/aromatic N) is 1. The Labute approximate surface area is 261 Å². The Hall–Kier alpha value is -5.44. The summed E-state index contributed by atoms with van der Waals surface area (Å²) in [6, 6.07) is 63.4. The second-order valence-electron chi connectivity index (χ2n) is 10.9. The molecule has 2 heteroatoms. The average molecular weight is 580 g/mol. The van der Waals surface area contributed by atoms with Crippen LogP contribution in [0, 0.1) is 0 Å². The number of rotatable bonds is 6. The molecule has 8 rings (SSSR count). The number of hydrogen-bond donors (Lipinski definition) is 0. The third-order valence-electron chi connectivity index (χ3n) is 8.28. The first-order valence-electron chi connectivity index (χ1n) is 14.9. The van der Waals surface area contributed by atoms with Gasteiger partial charge in [-0.15, -0.1) is 11.3 Å². The second-order valence-corrected chi connectivity index (χ2v) is 12.0. The van der Waals surface area contributed by atoms with E-state index in [1.54, 1.807) is 0 Å². The van der Waals surface area contributed by atoms with Crippen molar-refractivity contribution in [2.24, 2.45) is 0 Å². The average Bonchev–Trinajstić information content (AvgIpc) is 3.48. The molecule has 0 spiro atoms. The summed E-state index contributed by atoms with van der Waals surface area (Å²) in [5.41, 5.74) is 10.6. The minimum atomic E-state index is 1.12. The Morgan fingerprint density at radius 3 is 1.68 bits per heavy atom. The fraction of sp³-hybridized carbons (Fsp3) is 0. The van der Waals surface area contributed by atoms with Crippen LogP contribution in [0.3, 0.4) is 0 Å². The first-order valence-corrected chi connectivity index (χ1v) is 15.8. The highest BCUT2D eigenvalue weighted by atomic mass is 32.1. The van der Waals surface area contributed by atoms with Crippen molar-refractivity contribution in [3.8, 4) is 33.4 Å². The van der Waals surface area contributed by atoms with Gasteiger partial charge in [-0.05, 0) is 70.3 Å². The van der Waals surface area contributed by atoms with E-state index < -0.39 is 0 Å². The third kappa shape index (κ3) is 4.66. The maximum atomic E-state index is 2.43. The number of fused-ring (bicyclic) bond motifs is 3. The van der Waals surface area contributed by atoms with Crippen LogP contribution in [-0.2, 0) is 0 Å². The number of benzene rings is 7. The first-order chi connectivity index (χ1) is 21.8. The fourth-order valence-electron chi connectivity index (χ4n) is 6.30. The molecule has 1 nitrogen and oxygen atoms in total. The first kappa shape index (κ1) is 26.2. The Balaban J connectivity index is 1.45. The van der Waals surface area contributed by atoms with Gasteiger partial charge < -0.3 is 4.90 Å². The standard InChI is InChI=1S/C42H29NS/c1-4-15-30(16-5-1)34-21-10-11-23-37(34)42-35(31-17-6-2-7-18-31)24-14-25-39(42)43(32-19-8-3-9-20-32)33-27-28-41-38(29-33)36-22-12-13-26-40(36)44-41/h1-29H. The number of para-hydroxylation sites is 1. The Morgan fingerprint density at radius 1 is 0.364 bits per heavy atom. The summed E-state index contributed by atoms with van der Waals surface area (Å²) in [6.45, 7) is 0. The summed E-state index contributed by atoms with van der Waals surface area (Å²) < 4.78 is 2.62. The zero-order valence-electron chi connectivity index (χ0n) is 24.1. The topological polar surface area (TPSA) is 3.24 Å². The monoisotopic (exact) mass is 579 g/mol. The molecule has 0 bridgehead atoms. The molecule has 0 unspecified atom stereocenters. The van der Waals surface area contributed by atoms with Gasteiger partial charge in [0.2, 0.25) is 0 Å². The van der Waals surface area contributed by atoms with Crippen LogP contribution in [0.2, 0.25) is 0 Å². The summed E-state index contributed by atoms with van der Waals surface area (Å²) in [5.74, 6) is 0. The molecule has 1 heterocycles. The number of anilines is 3. The maximum Gasteiger partial charge on any atom is 0.0546 e. The minimum Gasteiger partial charge on any atom is -0.310 e. The molecule has 0 atom stereocenters. The highest BCUT2D eigenvalue weighted by molar-refractivity contribution is 7.25. The van der Waals surface area contributed by atoms with E-state index in [4.69, 9.17) is 0 Å². The van der Waals surface area contributed by atoms with E-state index in [2.05, 4.69) is 181 Å². The lowest BCUT2D eigenvalue weighted by Gasteiger charge is -2.30. The van der Waals surface area contributed by atoms with E-state index in [-0.39, 0.29) is 0 Å².